The van der Waals surface area contributed by atoms with Crippen LogP contribution in [0.3, 0.4) is 0 Å². The van der Waals surface area contributed by atoms with Gasteiger partial charge in [-0.15, -0.1) is 0 Å². The minimum absolute atomic E-state index is 0.0355. The molecule has 2 aromatic carbocycles. The van der Waals surface area contributed by atoms with Gasteiger partial charge in [-0.1, -0.05) is 31.9 Å². The molecule has 0 aliphatic heterocycles. The van der Waals surface area contributed by atoms with Crippen LogP contribution in [-0.2, 0) is 11.3 Å². The third kappa shape index (κ3) is 5.22. The molecule has 0 bridgehead atoms. The second-order valence-electron chi connectivity index (χ2n) is 8.27. The highest BCUT2D eigenvalue weighted by Gasteiger charge is 2.26. The lowest BCUT2D eigenvalue weighted by Gasteiger charge is -2.12. The van der Waals surface area contributed by atoms with Gasteiger partial charge in [0.1, 0.15) is 11.6 Å². The Morgan fingerprint density at radius 1 is 1.15 bits per heavy atom. The van der Waals surface area contributed by atoms with E-state index in [4.69, 9.17) is 0 Å². The number of amides is 2. The molecular formula is C25H27FN4O3. The second kappa shape index (κ2) is 9.85. The van der Waals surface area contributed by atoms with Gasteiger partial charge in [0, 0.05) is 36.2 Å². The first-order valence-electron chi connectivity index (χ1n) is 11.2. The van der Waals surface area contributed by atoms with Gasteiger partial charge in [0.15, 0.2) is 0 Å². The van der Waals surface area contributed by atoms with Crippen molar-refractivity contribution in [3.63, 3.8) is 0 Å². The molecule has 172 valence electrons. The Bertz CT molecular complexity index is 1170. The number of nitrogens with zero attached hydrogens (tertiary/aromatic N) is 2. The van der Waals surface area contributed by atoms with Crippen LogP contribution in [0.5, 0.6) is 5.75 Å². The molecule has 33 heavy (non-hydrogen) atoms. The van der Waals surface area contributed by atoms with Gasteiger partial charge in [-0.2, -0.15) is 9.78 Å². The number of hydrogen-bond donors (Lipinski definition) is 3. The maximum Gasteiger partial charge on any atom is 0.342 e. The van der Waals surface area contributed by atoms with Gasteiger partial charge in [0.2, 0.25) is 5.91 Å². The predicted octanol–water partition coefficient (Wildman–Crippen LogP) is 5.16. The Morgan fingerprint density at radius 3 is 2.64 bits per heavy atom. The minimum Gasteiger partial charge on any atom is -0.507 e. The molecule has 0 radical (unpaired) electrons. The molecule has 0 spiro atoms. The Kier molecular flexibility index (Phi) is 6.72. The normalized spacial score (nSPS) is 13.8. The van der Waals surface area contributed by atoms with Gasteiger partial charge >= 0.3 is 6.03 Å². The van der Waals surface area contributed by atoms with Crippen molar-refractivity contribution in [3.8, 4) is 17.0 Å². The summed E-state index contributed by atoms with van der Waals surface area (Å²) in [5, 5.41) is 20.6. The molecule has 0 atom stereocenters. The van der Waals surface area contributed by atoms with Crippen molar-refractivity contribution < 1.29 is 19.1 Å². The van der Waals surface area contributed by atoms with Gasteiger partial charge < -0.3 is 15.7 Å². The molecule has 3 aromatic rings. The fourth-order valence-corrected chi connectivity index (χ4v) is 4.18. The van der Waals surface area contributed by atoms with Crippen LogP contribution in [-0.4, -0.2) is 26.8 Å². The number of aromatic nitrogens is 2. The van der Waals surface area contributed by atoms with E-state index in [9.17, 15) is 19.1 Å². The summed E-state index contributed by atoms with van der Waals surface area (Å²) < 4.78 is 14.8. The summed E-state index contributed by atoms with van der Waals surface area (Å²) in [6.07, 6.45) is 4.45. The van der Waals surface area contributed by atoms with Crippen molar-refractivity contribution in [2.45, 2.75) is 51.5 Å². The zero-order chi connectivity index (χ0) is 23.4. The fourth-order valence-electron chi connectivity index (χ4n) is 4.18. The van der Waals surface area contributed by atoms with E-state index in [0.29, 0.717) is 28.9 Å². The second-order valence-corrected chi connectivity index (χ2v) is 8.27. The minimum atomic E-state index is -0.404. The zero-order valence-electron chi connectivity index (χ0n) is 18.5. The number of halogens is 1. The smallest absolute Gasteiger partial charge is 0.342 e. The van der Waals surface area contributed by atoms with Gasteiger partial charge in [-0.05, 0) is 48.7 Å². The van der Waals surface area contributed by atoms with E-state index in [0.717, 1.165) is 31.4 Å². The van der Waals surface area contributed by atoms with Crippen LogP contribution in [0.4, 0.5) is 14.9 Å². The zero-order valence-corrected chi connectivity index (χ0v) is 18.5. The highest BCUT2D eigenvalue weighted by molar-refractivity contribution is 5.91. The van der Waals surface area contributed by atoms with Gasteiger partial charge in [-0.3, -0.25) is 4.79 Å². The number of carbonyl (C=O) groups excluding carboxylic acids is 2. The maximum atomic E-state index is 13.5. The summed E-state index contributed by atoms with van der Waals surface area (Å²) in [6, 6.07) is 12.4. The largest absolute Gasteiger partial charge is 0.507 e. The van der Waals surface area contributed by atoms with E-state index in [1.807, 2.05) is 6.07 Å². The summed E-state index contributed by atoms with van der Waals surface area (Å²) in [5.41, 5.74) is 2.89. The molecule has 7 nitrogen and oxygen atoms in total. The summed E-state index contributed by atoms with van der Waals surface area (Å²) in [7, 11) is 0. The molecule has 3 N–H and O–H groups in total. The molecule has 1 aliphatic carbocycles. The standard InChI is InChI=1S/C25H27FN4O3/c1-2-24(32)28-19-10-11-20(23(31)13-19)21-14-22(17-7-3-4-8-17)30(29-21)25(33)27-15-16-6-5-9-18(26)12-16/h5-6,9-14,17,31H,2-4,7-8,15H2,1H3,(H,27,33)(H,28,32). The van der Waals surface area contributed by atoms with Gasteiger partial charge in [-0.25, -0.2) is 9.18 Å². The summed E-state index contributed by atoms with van der Waals surface area (Å²) in [5.74, 6) is -0.336. The summed E-state index contributed by atoms with van der Waals surface area (Å²) in [4.78, 5) is 24.6. The third-order valence-corrected chi connectivity index (χ3v) is 5.91. The van der Waals surface area contributed by atoms with Crippen LogP contribution in [0.1, 0.15) is 56.2 Å². The van der Waals surface area contributed by atoms with E-state index in [-0.39, 0.29) is 29.9 Å². The van der Waals surface area contributed by atoms with Crippen LogP contribution >= 0.6 is 0 Å². The lowest BCUT2D eigenvalue weighted by molar-refractivity contribution is -0.115. The molecule has 4 rings (SSSR count). The van der Waals surface area contributed by atoms with E-state index in [1.54, 1.807) is 31.2 Å². The number of anilines is 1. The van der Waals surface area contributed by atoms with Crippen molar-refractivity contribution >= 4 is 17.6 Å². The van der Waals surface area contributed by atoms with Crippen molar-refractivity contribution in [1.29, 1.82) is 0 Å². The molecular weight excluding hydrogens is 423 g/mol. The quantitative estimate of drug-likeness (QED) is 0.483. The molecule has 2 amide bonds. The monoisotopic (exact) mass is 450 g/mol. The van der Waals surface area contributed by atoms with Crippen molar-refractivity contribution in [1.82, 2.24) is 15.1 Å². The molecule has 0 saturated heterocycles. The molecule has 1 aliphatic rings. The molecule has 1 fully saturated rings. The Balaban J connectivity index is 1.60. The van der Waals surface area contributed by atoms with Gasteiger partial charge in [0.25, 0.3) is 0 Å². The lowest BCUT2D eigenvalue weighted by atomic mass is 10.0. The first-order chi connectivity index (χ1) is 15.9. The number of benzene rings is 2. The maximum absolute atomic E-state index is 13.5. The molecule has 1 saturated carbocycles. The number of carbonyl (C=O) groups is 2. The number of phenols is 1. The Morgan fingerprint density at radius 2 is 1.94 bits per heavy atom. The van der Waals surface area contributed by atoms with Crippen LogP contribution in [0.2, 0.25) is 0 Å². The average molecular weight is 451 g/mol. The Hall–Kier alpha value is -3.68. The van der Waals surface area contributed by atoms with Crippen LogP contribution in [0.25, 0.3) is 11.3 Å². The number of phenolic OH excluding ortho intramolecular Hbond substituents is 1. The predicted molar refractivity (Wildman–Crippen MR) is 123 cm³/mol. The fraction of sp³-hybridized carbons (Fsp3) is 0.320. The number of rotatable bonds is 6. The van der Waals surface area contributed by atoms with Gasteiger partial charge in [0.05, 0.1) is 11.4 Å². The first kappa shape index (κ1) is 22.5. The molecule has 0 unspecified atom stereocenters. The van der Waals surface area contributed by atoms with Crippen molar-refractivity contribution in [3.05, 3.63) is 65.6 Å². The van der Waals surface area contributed by atoms with Crippen LogP contribution in [0, 0.1) is 5.82 Å². The average Bonchev–Trinajstić information content (AvgIpc) is 3.47. The number of aromatic hydroxyl groups is 1. The van der Waals surface area contributed by atoms with E-state index in [2.05, 4.69) is 15.7 Å². The summed E-state index contributed by atoms with van der Waals surface area (Å²) >= 11 is 0. The molecule has 8 heteroatoms. The van der Waals surface area contributed by atoms with Crippen LogP contribution in [0.15, 0.2) is 48.5 Å². The Labute approximate surface area is 191 Å². The SMILES string of the molecule is CCC(=O)Nc1ccc(-c2cc(C3CCCC3)n(C(=O)NCc3cccc(F)c3)n2)c(O)c1. The molecule has 1 aromatic heterocycles. The third-order valence-electron chi connectivity index (χ3n) is 5.91. The summed E-state index contributed by atoms with van der Waals surface area (Å²) in [6.45, 7) is 1.92. The van der Waals surface area contributed by atoms with E-state index in [1.165, 1.54) is 22.9 Å². The highest BCUT2D eigenvalue weighted by Crippen LogP contribution is 2.37. The highest BCUT2D eigenvalue weighted by atomic mass is 19.1. The molecule has 1 heterocycles. The van der Waals surface area contributed by atoms with Crippen LogP contribution < -0.4 is 10.6 Å². The van der Waals surface area contributed by atoms with E-state index < -0.39 is 6.03 Å². The lowest BCUT2D eigenvalue weighted by Crippen LogP contribution is -2.30. The van der Waals surface area contributed by atoms with Crippen molar-refractivity contribution in [2.24, 2.45) is 0 Å². The number of nitrogens with one attached hydrogen (secondary N) is 2. The topological polar surface area (TPSA) is 96.3 Å². The first-order valence-corrected chi connectivity index (χ1v) is 11.2. The number of hydrogen-bond acceptors (Lipinski definition) is 4. The van der Waals surface area contributed by atoms with E-state index >= 15 is 0 Å². The van der Waals surface area contributed by atoms with Crippen molar-refractivity contribution in [2.75, 3.05) is 5.32 Å².